The molecule has 0 bridgehead atoms. The Bertz CT molecular complexity index is 529. The van der Waals surface area contributed by atoms with E-state index in [1.807, 2.05) is 0 Å². The van der Waals surface area contributed by atoms with Gasteiger partial charge in [0.2, 0.25) is 5.91 Å². The van der Waals surface area contributed by atoms with Crippen LogP contribution in [-0.2, 0) is 14.3 Å². The molecule has 2 rings (SSSR count). The number of amides is 2. The second-order valence-electron chi connectivity index (χ2n) is 7.58. The van der Waals surface area contributed by atoms with Crippen LogP contribution in [0.1, 0.15) is 41.0 Å². The molecule has 1 aliphatic carbocycles. The maximum absolute atomic E-state index is 14.1. The first-order valence-corrected chi connectivity index (χ1v) is 7.80. The number of fused-ring (bicyclic) bond motifs is 1. The first kappa shape index (κ1) is 17.8. The van der Waals surface area contributed by atoms with Gasteiger partial charge in [-0.1, -0.05) is 6.92 Å². The fourth-order valence-electron chi connectivity index (χ4n) is 3.74. The van der Waals surface area contributed by atoms with Gasteiger partial charge in [-0.2, -0.15) is 0 Å². The van der Waals surface area contributed by atoms with Gasteiger partial charge in [0, 0.05) is 36.1 Å². The van der Waals surface area contributed by atoms with Crippen molar-refractivity contribution >= 4 is 18.3 Å². The molecule has 0 aromatic rings. The number of hydrogen-bond donors (Lipinski definition) is 0. The summed E-state index contributed by atoms with van der Waals surface area (Å²) in [4.78, 5) is 37.1. The largest absolute Gasteiger partial charge is 0.443 e. The molecular weight excluding hydrogens is 308 g/mol. The van der Waals surface area contributed by atoms with Gasteiger partial charge in [0.05, 0.1) is 0 Å². The van der Waals surface area contributed by atoms with Gasteiger partial charge in [-0.3, -0.25) is 4.79 Å². The average molecular weight is 331 g/mol. The van der Waals surface area contributed by atoms with Crippen molar-refractivity contribution in [3.05, 3.63) is 0 Å². The molecule has 0 N–H and O–H groups in total. The minimum Gasteiger partial charge on any atom is -0.443 e. The Morgan fingerprint density at radius 1 is 1.35 bits per heavy atom. The number of hydrogen-bond acceptors (Lipinski definition) is 4. The van der Waals surface area contributed by atoms with Crippen molar-refractivity contribution in [1.29, 1.82) is 0 Å². The van der Waals surface area contributed by atoms with Crippen molar-refractivity contribution in [2.24, 2.45) is 23.7 Å². The summed E-state index contributed by atoms with van der Waals surface area (Å²) < 4.78 is 33.5. The minimum absolute atomic E-state index is 0.498. The van der Waals surface area contributed by atoms with Gasteiger partial charge < -0.3 is 9.53 Å². The number of likely N-dealkylation sites (tertiary alicyclic amines) is 1. The van der Waals surface area contributed by atoms with Crippen molar-refractivity contribution in [3.63, 3.8) is 0 Å². The molecule has 7 heteroatoms. The summed E-state index contributed by atoms with van der Waals surface area (Å²) in [7, 11) is 0. The van der Waals surface area contributed by atoms with Crippen molar-refractivity contribution in [3.8, 4) is 0 Å². The van der Waals surface area contributed by atoms with Gasteiger partial charge in [0.15, 0.2) is 0 Å². The fraction of sp³-hybridized carbons (Fsp3) is 0.812. The summed E-state index contributed by atoms with van der Waals surface area (Å²) in [5.41, 5.74) is -0.799. The van der Waals surface area contributed by atoms with Gasteiger partial charge >= 0.3 is 6.09 Å². The van der Waals surface area contributed by atoms with Crippen LogP contribution in [0.15, 0.2) is 0 Å². The van der Waals surface area contributed by atoms with E-state index in [-0.39, 0.29) is 0 Å². The number of imide groups is 1. The predicted molar refractivity (Wildman–Crippen MR) is 77.8 cm³/mol. The second kappa shape index (κ2) is 5.53. The Kier molecular flexibility index (Phi) is 4.28. The van der Waals surface area contributed by atoms with E-state index in [0.29, 0.717) is 6.29 Å². The highest BCUT2D eigenvalue weighted by Crippen LogP contribution is 2.52. The second-order valence-corrected chi connectivity index (χ2v) is 7.58. The van der Waals surface area contributed by atoms with E-state index in [0.717, 1.165) is 4.90 Å². The number of carbonyl (C=O) groups is 3. The maximum Gasteiger partial charge on any atom is 0.417 e. The van der Waals surface area contributed by atoms with Crippen LogP contribution in [-0.4, -0.2) is 40.8 Å². The first-order chi connectivity index (χ1) is 10.4. The lowest BCUT2D eigenvalue weighted by Crippen LogP contribution is -2.48. The molecule has 5 nitrogen and oxygen atoms in total. The van der Waals surface area contributed by atoms with Crippen LogP contribution >= 0.6 is 0 Å². The highest BCUT2D eigenvalue weighted by molar-refractivity contribution is 5.96. The van der Waals surface area contributed by atoms with E-state index in [1.54, 1.807) is 27.7 Å². The van der Waals surface area contributed by atoms with Gasteiger partial charge in [-0.25, -0.2) is 18.5 Å². The minimum atomic E-state index is -3.11. The number of aldehydes is 1. The smallest absolute Gasteiger partial charge is 0.417 e. The zero-order valence-electron chi connectivity index (χ0n) is 14.0. The van der Waals surface area contributed by atoms with Crippen LogP contribution < -0.4 is 0 Å². The molecule has 1 aliphatic heterocycles. The van der Waals surface area contributed by atoms with E-state index < -0.39 is 59.7 Å². The first-order valence-electron chi connectivity index (χ1n) is 7.80. The lowest BCUT2D eigenvalue weighted by molar-refractivity contribution is -0.154. The maximum atomic E-state index is 14.1. The zero-order valence-corrected chi connectivity index (χ0v) is 14.0. The van der Waals surface area contributed by atoms with Crippen LogP contribution in [0.25, 0.3) is 0 Å². The van der Waals surface area contributed by atoms with Gasteiger partial charge in [0.25, 0.3) is 5.92 Å². The molecule has 2 fully saturated rings. The molecule has 0 unspecified atom stereocenters. The van der Waals surface area contributed by atoms with Gasteiger partial charge in [0.1, 0.15) is 11.9 Å². The van der Waals surface area contributed by atoms with Crippen molar-refractivity contribution in [2.75, 3.05) is 0 Å². The Hall–Kier alpha value is -1.53. The number of carbonyl (C=O) groups excluding carboxylic acids is 3. The average Bonchev–Trinajstić information content (AvgIpc) is 2.61. The number of halogens is 2. The summed E-state index contributed by atoms with van der Waals surface area (Å²) in [6, 6.07) is -0.643. The number of alkyl halides is 2. The Labute approximate surface area is 134 Å². The molecule has 0 radical (unpaired) electrons. The van der Waals surface area contributed by atoms with Gasteiger partial charge in [-0.05, 0) is 27.7 Å². The topological polar surface area (TPSA) is 63.7 Å². The zero-order chi connectivity index (χ0) is 17.7. The third kappa shape index (κ3) is 2.97. The van der Waals surface area contributed by atoms with E-state index >= 15 is 0 Å². The van der Waals surface area contributed by atoms with Crippen molar-refractivity contribution < 1.29 is 27.9 Å². The SMILES string of the molecule is C[C@@H]1[C@H]2[C@@H](C=O)[C@H](C)C(F)(F)C[C@H]2C(=O)N1C(=O)OC(C)(C)C. The third-order valence-corrected chi connectivity index (χ3v) is 4.91. The normalized spacial score (nSPS) is 36.6. The highest BCUT2D eigenvalue weighted by atomic mass is 19.3. The highest BCUT2D eigenvalue weighted by Gasteiger charge is 2.62. The summed E-state index contributed by atoms with van der Waals surface area (Å²) in [5.74, 6) is -7.52. The lowest BCUT2D eigenvalue weighted by Gasteiger charge is -2.40. The molecule has 1 heterocycles. The molecule has 1 saturated carbocycles. The van der Waals surface area contributed by atoms with Crippen LogP contribution in [0.3, 0.4) is 0 Å². The third-order valence-electron chi connectivity index (χ3n) is 4.91. The number of rotatable bonds is 1. The molecule has 0 aromatic carbocycles. The van der Waals surface area contributed by atoms with E-state index in [9.17, 15) is 23.2 Å². The van der Waals surface area contributed by atoms with Gasteiger partial charge in [-0.15, -0.1) is 0 Å². The summed E-state index contributed by atoms with van der Waals surface area (Å²) in [5, 5.41) is 0. The summed E-state index contributed by atoms with van der Waals surface area (Å²) in [6.45, 7) is 7.91. The van der Waals surface area contributed by atoms with Crippen molar-refractivity contribution in [2.45, 2.75) is 58.6 Å². The lowest BCUT2D eigenvalue weighted by atomic mass is 9.65. The summed E-state index contributed by atoms with van der Waals surface area (Å²) >= 11 is 0. The quantitative estimate of drug-likeness (QED) is 0.693. The fourth-order valence-corrected chi connectivity index (χ4v) is 3.74. The molecule has 1 saturated heterocycles. The molecule has 23 heavy (non-hydrogen) atoms. The monoisotopic (exact) mass is 331 g/mol. The molecule has 130 valence electrons. The summed E-state index contributed by atoms with van der Waals surface area (Å²) in [6.07, 6.45) is -0.978. The Morgan fingerprint density at radius 2 is 1.91 bits per heavy atom. The number of nitrogens with zero attached hydrogens (tertiary/aromatic N) is 1. The van der Waals surface area contributed by atoms with Crippen LogP contribution in [0.4, 0.5) is 13.6 Å². The van der Waals surface area contributed by atoms with Crippen LogP contribution in [0.2, 0.25) is 0 Å². The molecule has 2 aliphatic rings. The standard InChI is InChI=1S/C16H23F2NO4/c1-8-11(7-20)12-9(2)19(14(22)23-15(3,4)5)13(21)10(12)6-16(8,17)18/h7-12H,6H2,1-5H3/t8-,9+,10+,11-,12+/m0/s1. The molecular formula is C16H23F2NO4. The van der Waals surface area contributed by atoms with E-state index in [1.165, 1.54) is 6.92 Å². The van der Waals surface area contributed by atoms with E-state index in [4.69, 9.17) is 4.74 Å². The predicted octanol–water partition coefficient (Wildman–Crippen LogP) is 2.87. The molecule has 5 atom stereocenters. The Morgan fingerprint density at radius 3 is 2.39 bits per heavy atom. The molecule has 2 amide bonds. The molecule has 0 aromatic heterocycles. The Balaban J connectivity index is 2.34. The van der Waals surface area contributed by atoms with E-state index in [2.05, 4.69) is 0 Å². The number of ether oxygens (including phenoxy) is 1. The van der Waals surface area contributed by atoms with Crippen LogP contribution in [0.5, 0.6) is 0 Å². The van der Waals surface area contributed by atoms with Crippen molar-refractivity contribution in [1.82, 2.24) is 4.90 Å². The van der Waals surface area contributed by atoms with Crippen LogP contribution in [0, 0.1) is 23.7 Å². The molecule has 0 spiro atoms.